The Morgan fingerprint density at radius 3 is 1.93 bits per heavy atom. The topological polar surface area (TPSA) is 72.7 Å². The Morgan fingerprint density at radius 2 is 1.39 bits per heavy atom. The van der Waals surface area contributed by atoms with Crippen molar-refractivity contribution in [2.24, 2.45) is 10.9 Å². The number of unbranched alkanes of at least 4 members (excludes halogenated alkanes) is 8. The second-order valence-corrected chi connectivity index (χ2v) is 8.89. The molecule has 0 aromatic rings. The Hall–Kier alpha value is -1.10. The van der Waals surface area contributed by atoms with Crippen LogP contribution in [0.2, 0.25) is 0 Å². The highest BCUT2D eigenvalue weighted by Crippen LogP contribution is 2.19. The maximum absolute atomic E-state index is 12.6. The number of quaternary nitrogens is 1. The molecule has 0 aliphatic heterocycles. The van der Waals surface area contributed by atoms with Gasteiger partial charge in [0.2, 0.25) is 0 Å². The SMILES string of the molecule is CCCCCCCCC(CCCCCC)C([O-])=NCCC[N+](C)(C)CC(=O)O. The monoisotopic (exact) mass is 398 g/mol. The number of hydrogen-bond donors (Lipinski definition) is 1. The molecule has 0 heterocycles. The van der Waals surface area contributed by atoms with Gasteiger partial charge in [0.25, 0.3) is 0 Å². The molecule has 5 nitrogen and oxygen atoms in total. The molecule has 1 unspecified atom stereocenters. The zero-order valence-corrected chi connectivity index (χ0v) is 19.0. The Labute approximate surface area is 173 Å². The number of aliphatic carboxylic acids is 1. The van der Waals surface area contributed by atoms with Gasteiger partial charge in [-0.2, -0.15) is 0 Å². The lowest BCUT2D eigenvalue weighted by atomic mass is 9.94. The molecule has 0 aliphatic rings. The highest BCUT2D eigenvalue weighted by molar-refractivity contribution is 5.74. The van der Waals surface area contributed by atoms with Crippen LogP contribution in [-0.2, 0) is 4.79 Å². The standard InChI is InChI=1S/C23H46N2O3/c1-5-7-9-11-12-14-17-21(16-13-10-8-6-2)23(28)24-18-15-19-25(3,4)20-22(26)27/h21H,5-20H2,1-4H3,(H-,24,26,27,28). The largest absolute Gasteiger partial charge is 0.862 e. The normalized spacial score (nSPS) is 13.6. The van der Waals surface area contributed by atoms with Crippen molar-refractivity contribution in [1.29, 1.82) is 0 Å². The third-order valence-corrected chi connectivity index (χ3v) is 5.41. The summed E-state index contributed by atoms with van der Waals surface area (Å²) in [5, 5.41) is 21.6. The van der Waals surface area contributed by atoms with E-state index in [-0.39, 0.29) is 18.4 Å². The van der Waals surface area contributed by atoms with Crippen molar-refractivity contribution in [3.8, 4) is 0 Å². The average molecular weight is 399 g/mol. The molecule has 0 fully saturated rings. The second kappa shape index (κ2) is 16.8. The third-order valence-electron chi connectivity index (χ3n) is 5.41. The molecule has 0 aromatic heterocycles. The van der Waals surface area contributed by atoms with Crippen LogP contribution in [0.1, 0.15) is 97.3 Å². The molecule has 0 radical (unpaired) electrons. The van der Waals surface area contributed by atoms with Crippen LogP contribution in [0.25, 0.3) is 0 Å². The minimum absolute atomic E-state index is 0.0774. The van der Waals surface area contributed by atoms with Gasteiger partial charge in [0, 0.05) is 13.0 Å². The fourth-order valence-electron chi connectivity index (χ4n) is 3.64. The number of carboxylic acid groups (broad SMARTS) is 1. The molecule has 0 bridgehead atoms. The van der Waals surface area contributed by atoms with E-state index in [0.717, 1.165) is 38.6 Å². The minimum atomic E-state index is -0.788. The first-order valence-corrected chi connectivity index (χ1v) is 11.6. The van der Waals surface area contributed by atoms with Crippen LogP contribution in [0, 0.1) is 5.92 Å². The molecule has 5 heteroatoms. The predicted octanol–water partition coefficient (Wildman–Crippen LogP) is 4.63. The van der Waals surface area contributed by atoms with E-state index in [4.69, 9.17) is 5.11 Å². The lowest BCUT2D eigenvalue weighted by Crippen LogP contribution is -2.44. The molecule has 28 heavy (non-hydrogen) atoms. The van der Waals surface area contributed by atoms with Crippen LogP contribution >= 0.6 is 0 Å². The van der Waals surface area contributed by atoms with E-state index >= 15 is 0 Å². The maximum Gasteiger partial charge on any atom is 0.359 e. The predicted molar refractivity (Wildman–Crippen MR) is 117 cm³/mol. The molecule has 0 aliphatic carbocycles. The second-order valence-electron chi connectivity index (χ2n) is 8.89. The highest BCUT2D eigenvalue weighted by Gasteiger charge is 2.18. The summed E-state index contributed by atoms with van der Waals surface area (Å²) in [6, 6.07) is 0. The van der Waals surface area contributed by atoms with Crippen LogP contribution in [0.4, 0.5) is 0 Å². The van der Waals surface area contributed by atoms with E-state index in [2.05, 4.69) is 18.8 Å². The molecule has 166 valence electrons. The van der Waals surface area contributed by atoms with Gasteiger partial charge < -0.3 is 19.7 Å². The van der Waals surface area contributed by atoms with E-state index in [1.807, 2.05) is 14.1 Å². The molecule has 0 saturated heterocycles. The van der Waals surface area contributed by atoms with Crippen molar-refractivity contribution in [2.75, 3.05) is 33.7 Å². The summed E-state index contributed by atoms with van der Waals surface area (Å²) >= 11 is 0. The van der Waals surface area contributed by atoms with Crippen molar-refractivity contribution < 1.29 is 19.5 Å². The van der Waals surface area contributed by atoms with Crippen molar-refractivity contribution in [3.63, 3.8) is 0 Å². The summed E-state index contributed by atoms with van der Waals surface area (Å²) < 4.78 is 0.428. The number of hydrogen-bond acceptors (Lipinski definition) is 3. The first-order chi connectivity index (χ1) is 13.3. The highest BCUT2D eigenvalue weighted by atomic mass is 16.4. The van der Waals surface area contributed by atoms with Gasteiger partial charge in [-0.25, -0.2) is 4.79 Å². The van der Waals surface area contributed by atoms with Gasteiger partial charge in [0.15, 0.2) is 6.54 Å². The number of likely N-dealkylation sites (N-methyl/N-ethyl adjacent to an activating group) is 1. The maximum atomic E-state index is 12.6. The first-order valence-electron chi connectivity index (χ1n) is 11.6. The summed E-state index contributed by atoms with van der Waals surface area (Å²) in [6.07, 6.45) is 15.0. The fraction of sp³-hybridized carbons (Fsp3) is 0.913. The summed E-state index contributed by atoms with van der Waals surface area (Å²) in [5.74, 6) is -0.623. The molecular formula is C23H46N2O3. The number of carbonyl (C=O) groups is 1. The van der Waals surface area contributed by atoms with Gasteiger partial charge in [-0.05, 0) is 24.7 Å². The molecule has 0 saturated carbocycles. The van der Waals surface area contributed by atoms with E-state index in [1.165, 1.54) is 51.4 Å². The molecule has 1 N–H and O–H groups in total. The number of rotatable bonds is 19. The molecule has 0 aromatic carbocycles. The summed E-state index contributed by atoms with van der Waals surface area (Å²) in [5.41, 5.74) is 0. The van der Waals surface area contributed by atoms with Gasteiger partial charge >= 0.3 is 5.97 Å². The smallest absolute Gasteiger partial charge is 0.359 e. The fourth-order valence-corrected chi connectivity index (χ4v) is 3.64. The molecule has 0 spiro atoms. The average Bonchev–Trinajstić information content (AvgIpc) is 2.62. The summed E-state index contributed by atoms with van der Waals surface area (Å²) in [7, 11) is 3.82. The number of aliphatic imine (C=N–C) groups is 1. The van der Waals surface area contributed by atoms with E-state index < -0.39 is 5.97 Å². The quantitative estimate of drug-likeness (QED) is 0.149. The summed E-state index contributed by atoms with van der Waals surface area (Å²) in [4.78, 5) is 15.2. The van der Waals surface area contributed by atoms with E-state index in [0.29, 0.717) is 11.0 Å². The van der Waals surface area contributed by atoms with Crippen LogP contribution in [-0.4, -0.2) is 55.2 Å². The van der Waals surface area contributed by atoms with Gasteiger partial charge in [0.1, 0.15) is 0 Å². The minimum Gasteiger partial charge on any atom is -0.862 e. The lowest BCUT2D eigenvalue weighted by Gasteiger charge is -2.28. The van der Waals surface area contributed by atoms with E-state index in [9.17, 15) is 9.90 Å². The molecular weight excluding hydrogens is 352 g/mol. The van der Waals surface area contributed by atoms with Crippen LogP contribution in [0.5, 0.6) is 0 Å². The molecule has 1 atom stereocenters. The van der Waals surface area contributed by atoms with Crippen LogP contribution < -0.4 is 5.11 Å². The molecule has 0 rings (SSSR count). The van der Waals surface area contributed by atoms with Crippen LogP contribution in [0.15, 0.2) is 4.99 Å². The Kier molecular flexibility index (Phi) is 16.2. The zero-order valence-electron chi connectivity index (χ0n) is 19.0. The van der Waals surface area contributed by atoms with Crippen molar-refractivity contribution in [3.05, 3.63) is 0 Å². The van der Waals surface area contributed by atoms with Crippen molar-refractivity contribution in [2.45, 2.75) is 97.3 Å². The number of nitrogens with zero attached hydrogens (tertiary/aromatic N) is 2. The van der Waals surface area contributed by atoms with Gasteiger partial charge in [-0.15, -0.1) is 0 Å². The Bertz CT molecular complexity index is 422. The number of carboxylic acids is 1. The molecule has 0 amide bonds. The van der Waals surface area contributed by atoms with Gasteiger partial charge in [0.05, 0.1) is 20.6 Å². The van der Waals surface area contributed by atoms with Gasteiger partial charge in [-0.1, -0.05) is 78.1 Å². The zero-order chi connectivity index (χ0) is 21.3. The summed E-state index contributed by atoms with van der Waals surface area (Å²) in [6.45, 7) is 5.78. The first kappa shape index (κ1) is 26.9. The lowest BCUT2D eigenvalue weighted by molar-refractivity contribution is -0.883. The van der Waals surface area contributed by atoms with Crippen molar-refractivity contribution >= 4 is 11.9 Å². The van der Waals surface area contributed by atoms with E-state index in [1.54, 1.807) is 0 Å². The van der Waals surface area contributed by atoms with Gasteiger partial charge in [-0.3, -0.25) is 0 Å². The third kappa shape index (κ3) is 15.9. The Balaban J connectivity index is 4.39. The Morgan fingerprint density at radius 1 is 0.893 bits per heavy atom. The van der Waals surface area contributed by atoms with Crippen molar-refractivity contribution in [1.82, 2.24) is 0 Å². The van der Waals surface area contributed by atoms with Crippen LogP contribution in [0.3, 0.4) is 0 Å².